The van der Waals surface area contributed by atoms with Crippen LogP contribution in [0.2, 0.25) is 0 Å². The highest BCUT2D eigenvalue weighted by Gasteiger charge is 2.25. The molecule has 1 aliphatic rings. The number of amides is 1. The molecule has 1 aromatic carbocycles. The lowest BCUT2D eigenvalue weighted by molar-refractivity contribution is -0.384. The van der Waals surface area contributed by atoms with Gasteiger partial charge >= 0.3 is 5.97 Å². The summed E-state index contributed by atoms with van der Waals surface area (Å²) < 4.78 is 10.2. The number of nitro groups is 1. The Balaban J connectivity index is 2.14. The lowest BCUT2D eigenvalue weighted by Gasteiger charge is -2.20. The van der Waals surface area contributed by atoms with Gasteiger partial charge in [-0.15, -0.1) is 0 Å². The second kappa shape index (κ2) is 6.48. The summed E-state index contributed by atoms with van der Waals surface area (Å²) in [4.78, 5) is 34.6. The third-order valence-electron chi connectivity index (χ3n) is 3.37. The zero-order valence-electron chi connectivity index (χ0n) is 12.4. The van der Waals surface area contributed by atoms with Crippen LogP contribution in [0.1, 0.15) is 6.92 Å². The minimum atomic E-state index is -1.07. The van der Waals surface area contributed by atoms with Gasteiger partial charge in [0.25, 0.3) is 5.69 Å². The molecule has 10 heteroatoms. The van der Waals surface area contributed by atoms with Gasteiger partial charge in [-0.3, -0.25) is 24.6 Å². The first-order chi connectivity index (χ1) is 10.8. The quantitative estimate of drug-likeness (QED) is 0.576. The molecule has 0 spiro atoms. The minimum absolute atomic E-state index is 0.0411. The molecular weight excluding hydrogens is 310 g/mol. The average molecular weight is 325 g/mol. The summed E-state index contributed by atoms with van der Waals surface area (Å²) in [6.07, 6.45) is 0. The molecule has 0 bridgehead atoms. The highest BCUT2D eigenvalue weighted by atomic mass is 16.7. The average Bonchev–Trinajstić information content (AvgIpc) is 2.92. The van der Waals surface area contributed by atoms with E-state index in [-0.39, 0.29) is 36.2 Å². The van der Waals surface area contributed by atoms with Crippen LogP contribution in [0, 0.1) is 10.1 Å². The van der Waals surface area contributed by atoms with Crippen molar-refractivity contribution in [3.05, 3.63) is 22.2 Å². The highest BCUT2D eigenvalue weighted by Crippen LogP contribution is 2.40. The molecule has 0 fully saturated rings. The summed E-state index contributed by atoms with van der Waals surface area (Å²) in [5, 5.41) is 22.4. The molecule has 0 saturated carbocycles. The van der Waals surface area contributed by atoms with Gasteiger partial charge in [0.05, 0.1) is 17.5 Å². The Morgan fingerprint density at radius 1 is 1.43 bits per heavy atom. The summed E-state index contributed by atoms with van der Waals surface area (Å²) in [7, 11) is 1.46. The molecule has 2 N–H and O–H groups in total. The van der Waals surface area contributed by atoms with Crippen molar-refractivity contribution >= 4 is 23.3 Å². The lowest BCUT2D eigenvalue weighted by atomic mass is 10.2. The number of nitrogens with zero attached hydrogens (tertiary/aromatic N) is 2. The molecule has 1 unspecified atom stereocenters. The monoisotopic (exact) mass is 325 g/mol. The molecule has 0 radical (unpaired) electrons. The fourth-order valence-corrected chi connectivity index (χ4v) is 1.92. The van der Waals surface area contributed by atoms with Crippen LogP contribution >= 0.6 is 0 Å². The van der Waals surface area contributed by atoms with Crippen molar-refractivity contribution in [3.63, 3.8) is 0 Å². The van der Waals surface area contributed by atoms with E-state index in [1.54, 1.807) is 0 Å². The Kier molecular flexibility index (Phi) is 4.65. The van der Waals surface area contributed by atoms with Crippen molar-refractivity contribution in [1.29, 1.82) is 0 Å². The summed E-state index contributed by atoms with van der Waals surface area (Å²) in [6.45, 7) is 1.14. The molecule has 0 saturated heterocycles. The Morgan fingerprint density at radius 2 is 2.04 bits per heavy atom. The molecule has 0 aromatic heterocycles. The van der Waals surface area contributed by atoms with E-state index in [1.165, 1.54) is 31.0 Å². The number of aliphatic carboxylic acids is 1. The standard InChI is InChI=1S/C13H15N3O7/c1-7(13(18)19)15(2)5-12(17)14-8-3-10-11(23-6-22-10)4-9(8)16(20)21/h3-4,7H,5-6H2,1-2H3,(H,14,17)(H,18,19). The largest absolute Gasteiger partial charge is 0.480 e. The third kappa shape index (κ3) is 3.66. The predicted molar refractivity (Wildman–Crippen MR) is 77.6 cm³/mol. The van der Waals surface area contributed by atoms with Gasteiger partial charge in [0.15, 0.2) is 11.5 Å². The van der Waals surface area contributed by atoms with E-state index < -0.39 is 22.8 Å². The second-order valence-corrected chi connectivity index (χ2v) is 4.96. The van der Waals surface area contributed by atoms with E-state index in [2.05, 4.69) is 5.32 Å². The van der Waals surface area contributed by atoms with Crippen LogP contribution in [0.25, 0.3) is 0 Å². The van der Waals surface area contributed by atoms with Crippen LogP contribution in [0.15, 0.2) is 12.1 Å². The van der Waals surface area contributed by atoms with E-state index in [0.717, 1.165) is 0 Å². The van der Waals surface area contributed by atoms with Crippen molar-refractivity contribution in [2.75, 3.05) is 25.7 Å². The maximum Gasteiger partial charge on any atom is 0.320 e. The van der Waals surface area contributed by atoms with Crippen LogP contribution in [-0.4, -0.2) is 53.2 Å². The first-order valence-electron chi connectivity index (χ1n) is 6.60. The summed E-state index contributed by atoms with van der Waals surface area (Å²) in [5.41, 5.74) is -0.378. The van der Waals surface area contributed by atoms with Crippen LogP contribution in [0.3, 0.4) is 0 Å². The first-order valence-corrected chi connectivity index (χ1v) is 6.60. The Hall–Kier alpha value is -2.88. The predicted octanol–water partition coefficient (Wildman–Crippen LogP) is 0.667. The molecule has 124 valence electrons. The van der Waals surface area contributed by atoms with Crippen LogP contribution < -0.4 is 14.8 Å². The van der Waals surface area contributed by atoms with Crippen molar-refractivity contribution in [3.8, 4) is 11.5 Å². The topological polar surface area (TPSA) is 131 Å². The number of rotatable bonds is 6. The Morgan fingerprint density at radius 3 is 2.61 bits per heavy atom. The minimum Gasteiger partial charge on any atom is -0.480 e. The van der Waals surface area contributed by atoms with Crippen LogP contribution in [0.5, 0.6) is 11.5 Å². The van der Waals surface area contributed by atoms with Gasteiger partial charge in [-0.05, 0) is 14.0 Å². The molecule has 1 amide bonds. The number of carbonyl (C=O) groups excluding carboxylic acids is 1. The fourth-order valence-electron chi connectivity index (χ4n) is 1.92. The first kappa shape index (κ1) is 16.5. The van der Waals surface area contributed by atoms with Gasteiger partial charge < -0.3 is 19.9 Å². The molecule has 1 aliphatic heterocycles. The summed E-state index contributed by atoms with van der Waals surface area (Å²) >= 11 is 0. The van der Waals surface area contributed by atoms with E-state index >= 15 is 0 Å². The normalized spacial score (nSPS) is 13.7. The zero-order chi connectivity index (χ0) is 17.1. The molecule has 1 aromatic rings. The van der Waals surface area contributed by atoms with Crippen molar-refractivity contribution in [1.82, 2.24) is 4.90 Å². The number of fused-ring (bicyclic) bond motifs is 1. The van der Waals surface area contributed by atoms with Gasteiger partial charge in [0.2, 0.25) is 12.7 Å². The number of anilines is 1. The van der Waals surface area contributed by atoms with E-state index in [4.69, 9.17) is 14.6 Å². The van der Waals surface area contributed by atoms with E-state index in [0.29, 0.717) is 0 Å². The number of ether oxygens (including phenoxy) is 2. The Labute approximate surface area is 130 Å². The van der Waals surface area contributed by atoms with Gasteiger partial charge in [-0.25, -0.2) is 0 Å². The second-order valence-electron chi connectivity index (χ2n) is 4.96. The molecule has 2 rings (SSSR count). The lowest BCUT2D eigenvalue weighted by Crippen LogP contribution is -2.40. The zero-order valence-corrected chi connectivity index (χ0v) is 12.4. The molecule has 0 aliphatic carbocycles. The van der Waals surface area contributed by atoms with Crippen molar-refractivity contribution in [2.45, 2.75) is 13.0 Å². The number of carboxylic acid groups (broad SMARTS) is 1. The number of carboxylic acids is 1. The van der Waals surface area contributed by atoms with Gasteiger partial charge in [-0.1, -0.05) is 0 Å². The number of likely N-dealkylation sites (N-methyl/N-ethyl adjacent to an activating group) is 1. The van der Waals surface area contributed by atoms with Gasteiger partial charge in [0.1, 0.15) is 11.7 Å². The number of hydrogen-bond acceptors (Lipinski definition) is 7. The number of nitro benzene ring substituents is 1. The summed E-state index contributed by atoms with van der Waals surface area (Å²) in [5.74, 6) is -1.14. The van der Waals surface area contributed by atoms with Crippen molar-refractivity contribution in [2.24, 2.45) is 0 Å². The number of benzene rings is 1. The van der Waals surface area contributed by atoms with Crippen molar-refractivity contribution < 1.29 is 29.1 Å². The summed E-state index contributed by atoms with van der Waals surface area (Å²) in [6, 6.07) is 1.60. The van der Waals surface area contributed by atoms with Crippen LogP contribution in [0.4, 0.5) is 11.4 Å². The Bertz CT molecular complexity index is 661. The smallest absolute Gasteiger partial charge is 0.320 e. The maximum absolute atomic E-state index is 12.0. The SMILES string of the molecule is CC(C(=O)O)N(C)CC(=O)Nc1cc2c(cc1[N+](=O)[O-])OCO2. The number of hydrogen-bond donors (Lipinski definition) is 2. The molecular formula is C13H15N3O7. The fraction of sp³-hybridized carbons (Fsp3) is 0.385. The highest BCUT2D eigenvalue weighted by molar-refractivity contribution is 5.95. The molecule has 10 nitrogen and oxygen atoms in total. The molecule has 1 atom stereocenters. The van der Waals surface area contributed by atoms with Crippen LogP contribution in [-0.2, 0) is 9.59 Å². The maximum atomic E-state index is 12.0. The molecule has 23 heavy (non-hydrogen) atoms. The van der Waals surface area contributed by atoms with E-state index in [1.807, 2.05) is 0 Å². The number of carbonyl (C=O) groups is 2. The van der Waals surface area contributed by atoms with Gasteiger partial charge in [0, 0.05) is 6.07 Å². The third-order valence-corrected chi connectivity index (χ3v) is 3.37. The molecule has 1 heterocycles. The van der Waals surface area contributed by atoms with E-state index in [9.17, 15) is 19.7 Å². The van der Waals surface area contributed by atoms with Gasteiger partial charge in [-0.2, -0.15) is 0 Å². The number of nitrogens with one attached hydrogen (secondary N) is 1.